The normalized spacial score (nSPS) is 17.7. The predicted octanol–water partition coefficient (Wildman–Crippen LogP) is 5.05. The molecular formula is C24H28N6O4S. The number of nitrogens with one attached hydrogen (secondary N) is 1. The number of amides is 1. The van der Waals surface area contributed by atoms with Crippen molar-refractivity contribution in [3.63, 3.8) is 0 Å². The number of aryl methyl sites for hydroxylation is 1. The number of thioether (sulfide) groups is 1. The van der Waals surface area contributed by atoms with Crippen molar-refractivity contribution >= 4 is 29.0 Å². The molecule has 11 heteroatoms. The number of hydrogen-bond donors (Lipinski definition) is 1. The summed E-state index contributed by atoms with van der Waals surface area (Å²) in [4.78, 5) is 27.8. The van der Waals surface area contributed by atoms with E-state index in [1.807, 2.05) is 12.1 Å². The van der Waals surface area contributed by atoms with Gasteiger partial charge in [0.25, 0.3) is 0 Å². The molecule has 0 aliphatic heterocycles. The molecule has 0 bridgehead atoms. The minimum atomic E-state index is -0.508. The Bertz CT molecular complexity index is 1220. The van der Waals surface area contributed by atoms with Crippen molar-refractivity contribution < 1.29 is 14.5 Å². The Morgan fingerprint density at radius 3 is 2.80 bits per heavy atom. The van der Waals surface area contributed by atoms with Crippen LogP contribution in [0.1, 0.15) is 44.2 Å². The number of pyridine rings is 1. The average Bonchev–Trinajstić information content (AvgIpc) is 3.28. The summed E-state index contributed by atoms with van der Waals surface area (Å²) < 4.78 is 7.29. The van der Waals surface area contributed by atoms with Gasteiger partial charge in [0.1, 0.15) is 0 Å². The highest BCUT2D eigenvalue weighted by Crippen LogP contribution is 2.39. The lowest BCUT2D eigenvalue weighted by atomic mass is 9.85. The van der Waals surface area contributed by atoms with E-state index in [1.54, 1.807) is 19.3 Å². The Morgan fingerprint density at radius 1 is 1.31 bits per heavy atom. The molecule has 10 nitrogen and oxygen atoms in total. The number of nitro groups is 1. The number of carbonyl (C=O) groups is 1. The number of benzene rings is 1. The fourth-order valence-corrected chi connectivity index (χ4v) is 5.27. The predicted molar refractivity (Wildman–Crippen MR) is 134 cm³/mol. The van der Waals surface area contributed by atoms with Crippen LogP contribution in [-0.4, -0.2) is 43.4 Å². The van der Waals surface area contributed by atoms with Crippen LogP contribution < -0.4 is 10.1 Å². The molecule has 1 aromatic carbocycles. The largest absolute Gasteiger partial charge is 0.490 e. The fourth-order valence-electron chi connectivity index (χ4n) is 4.48. The molecule has 1 saturated carbocycles. The summed E-state index contributed by atoms with van der Waals surface area (Å²) >= 11 is 1.33. The quantitative estimate of drug-likeness (QED) is 0.261. The van der Waals surface area contributed by atoms with Crippen LogP contribution in [0.15, 0.2) is 41.8 Å². The SMILES string of the molecule is COc1cc(NC(=O)CSc2nnc(-c3cccnc3)n2C2CCCCC2C)c(C)cc1[N+](=O)[O-]. The Morgan fingerprint density at radius 2 is 2.11 bits per heavy atom. The van der Waals surface area contributed by atoms with Crippen molar-refractivity contribution in [2.24, 2.45) is 5.92 Å². The molecule has 184 valence electrons. The van der Waals surface area contributed by atoms with Gasteiger partial charge in [-0.1, -0.05) is 31.5 Å². The summed E-state index contributed by atoms with van der Waals surface area (Å²) in [5.41, 5.74) is 1.79. The highest BCUT2D eigenvalue weighted by Gasteiger charge is 2.29. The molecule has 1 aliphatic rings. The van der Waals surface area contributed by atoms with Crippen LogP contribution in [0.25, 0.3) is 11.4 Å². The summed E-state index contributed by atoms with van der Waals surface area (Å²) in [7, 11) is 1.36. The second-order valence-electron chi connectivity index (χ2n) is 8.68. The Hall–Kier alpha value is -3.47. The van der Waals surface area contributed by atoms with E-state index in [9.17, 15) is 14.9 Å². The number of hydrogen-bond acceptors (Lipinski definition) is 8. The maximum absolute atomic E-state index is 12.8. The van der Waals surface area contributed by atoms with Gasteiger partial charge in [0.05, 0.1) is 17.8 Å². The molecular weight excluding hydrogens is 468 g/mol. The van der Waals surface area contributed by atoms with Gasteiger partial charge < -0.3 is 10.1 Å². The van der Waals surface area contributed by atoms with Gasteiger partial charge in [-0.25, -0.2) is 0 Å². The Kier molecular flexibility index (Phi) is 7.64. The van der Waals surface area contributed by atoms with Crippen LogP contribution >= 0.6 is 11.8 Å². The lowest BCUT2D eigenvalue weighted by Gasteiger charge is -2.31. The molecule has 2 atom stereocenters. The van der Waals surface area contributed by atoms with Gasteiger partial charge in [-0.3, -0.25) is 24.5 Å². The summed E-state index contributed by atoms with van der Waals surface area (Å²) in [6.07, 6.45) is 8.04. The van der Waals surface area contributed by atoms with E-state index in [2.05, 4.69) is 32.0 Å². The first-order chi connectivity index (χ1) is 16.9. The summed E-state index contributed by atoms with van der Waals surface area (Å²) in [6.45, 7) is 3.96. The minimum absolute atomic E-state index is 0.0932. The van der Waals surface area contributed by atoms with E-state index < -0.39 is 4.92 Å². The maximum Gasteiger partial charge on any atom is 0.311 e. The molecule has 1 fully saturated rings. The first-order valence-electron chi connectivity index (χ1n) is 11.5. The number of nitrogens with zero attached hydrogens (tertiary/aromatic N) is 5. The lowest BCUT2D eigenvalue weighted by Crippen LogP contribution is -2.23. The summed E-state index contributed by atoms with van der Waals surface area (Å²) in [5.74, 6) is 1.19. The van der Waals surface area contributed by atoms with Crippen LogP contribution in [0.5, 0.6) is 5.75 Å². The van der Waals surface area contributed by atoms with Gasteiger partial charge in [0.2, 0.25) is 5.91 Å². The van der Waals surface area contributed by atoms with E-state index in [0.29, 0.717) is 22.3 Å². The Balaban J connectivity index is 1.54. The summed E-state index contributed by atoms with van der Waals surface area (Å²) in [5, 5.41) is 23.7. The molecule has 35 heavy (non-hydrogen) atoms. The third kappa shape index (κ3) is 5.45. The zero-order valence-electron chi connectivity index (χ0n) is 19.9. The van der Waals surface area contributed by atoms with E-state index in [0.717, 1.165) is 30.7 Å². The molecule has 3 aromatic rings. The minimum Gasteiger partial charge on any atom is -0.490 e. The first kappa shape index (κ1) is 24.6. The van der Waals surface area contributed by atoms with Crippen molar-refractivity contribution in [1.82, 2.24) is 19.7 Å². The first-order valence-corrected chi connectivity index (χ1v) is 12.5. The van der Waals surface area contributed by atoms with E-state index in [-0.39, 0.29) is 29.1 Å². The number of methoxy groups -OCH3 is 1. The smallest absolute Gasteiger partial charge is 0.311 e. The van der Waals surface area contributed by atoms with E-state index in [1.165, 1.54) is 37.4 Å². The molecule has 1 aliphatic carbocycles. The van der Waals surface area contributed by atoms with Gasteiger partial charge in [-0.2, -0.15) is 0 Å². The molecule has 1 N–H and O–H groups in total. The van der Waals surface area contributed by atoms with Crippen LogP contribution in [0.2, 0.25) is 0 Å². The zero-order chi connectivity index (χ0) is 24.9. The topological polar surface area (TPSA) is 125 Å². The number of ether oxygens (including phenoxy) is 1. The molecule has 0 saturated heterocycles. The van der Waals surface area contributed by atoms with Crippen LogP contribution in [0, 0.1) is 23.0 Å². The van der Waals surface area contributed by atoms with Gasteiger partial charge >= 0.3 is 5.69 Å². The standard InChI is InChI=1S/C24H28N6O4S/c1-15-7-4-5-9-19(15)29-23(17-8-6-10-25-13-17)27-28-24(29)35-14-22(31)26-18-12-21(34-3)20(30(32)33)11-16(18)2/h6,8,10-13,15,19H,4-5,7,9,14H2,1-3H3,(H,26,31). The lowest BCUT2D eigenvalue weighted by molar-refractivity contribution is -0.385. The number of nitro benzene ring substituents is 1. The number of rotatable bonds is 8. The fraction of sp³-hybridized carbons (Fsp3) is 0.417. The summed E-state index contributed by atoms with van der Waals surface area (Å²) in [6, 6.07) is 6.96. The second-order valence-corrected chi connectivity index (χ2v) is 9.62. The Labute approximate surface area is 207 Å². The maximum atomic E-state index is 12.8. The molecule has 1 amide bonds. The highest BCUT2D eigenvalue weighted by molar-refractivity contribution is 7.99. The molecule has 0 radical (unpaired) electrons. The molecule has 2 heterocycles. The van der Waals surface area contributed by atoms with Crippen LogP contribution in [0.4, 0.5) is 11.4 Å². The van der Waals surface area contributed by atoms with Gasteiger partial charge in [-0.15, -0.1) is 10.2 Å². The monoisotopic (exact) mass is 496 g/mol. The van der Waals surface area contributed by atoms with Crippen molar-refractivity contribution in [3.8, 4) is 17.1 Å². The molecule has 0 spiro atoms. The van der Waals surface area contributed by atoms with Gasteiger partial charge in [0.15, 0.2) is 16.7 Å². The van der Waals surface area contributed by atoms with Crippen molar-refractivity contribution in [1.29, 1.82) is 0 Å². The average molecular weight is 497 g/mol. The molecule has 2 aromatic heterocycles. The number of aromatic nitrogens is 4. The zero-order valence-corrected chi connectivity index (χ0v) is 20.7. The van der Waals surface area contributed by atoms with E-state index >= 15 is 0 Å². The van der Waals surface area contributed by atoms with Gasteiger partial charge in [0, 0.05) is 41.8 Å². The number of anilines is 1. The van der Waals surface area contributed by atoms with Crippen molar-refractivity contribution in [2.45, 2.75) is 50.7 Å². The van der Waals surface area contributed by atoms with Crippen LogP contribution in [0.3, 0.4) is 0 Å². The molecule has 4 rings (SSSR count). The van der Waals surface area contributed by atoms with Crippen molar-refractivity contribution in [2.75, 3.05) is 18.2 Å². The second kappa shape index (κ2) is 10.9. The van der Waals surface area contributed by atoms with E-state index in [4.69, 9.17) is 4.74 Å². The third-order valence-corrected chi connectivity index (χ3v) is 7.25. The number of carbonyl (C=O) groups excluding carboxylic acids is 1. The third-order valence-electron chi connectivity index (χ3n) is 6.31. The van der Waals surface area contributed by atoms with Crippen LogP contribution in [-0.2, 0) is 4.79 Å². The molecule has 2 unspecified atom stereocenters. The van der Waals surface area contributed by atoms with Gasteiger partial charge in [-0.05, 0) is 43.4 Å². The highest BCUT2D eigenvalue weighted by atomic mass is 32.2. The van der Waals surface area contributed by atoms with Crippen molar-refractivity contribution in [3.05, 3.63) is 52.3 Å².